The summed E-state index contributed by atoms with van der Waals surface area (Å²) >= 11 is 0. The normalized spacial score (nSPS) is 21.8. The molecule has 3 heteroatoms. The molecule has 3 atom stereocenters. The van der Waals surface area contributed by atoms with Crippen LogP contribution < -0.4 is 16.0 Å². The molecule has 0 saturated heterocycles. The zero-order valence-electron chi connectivity index (χ0n) is 12.3. The van der Waals surface area contributed by atoms with Gasteiger partial charge in [-0.25, -0.2) is 0 Å². The molecule has 0 radical (unpaired) electrons. The molecule has 0 aliphatic heterocycles. The molecular weight excluding hydrogens is 260 g/mol. The summed E-state index contributed by atoms with van der Waals surface area (Å²) in [5.74, 6) is 7.88. The van der Waals surface area contributed by atoms with E-state index in [0.29, 0.717) is 18.4 Å². The Morgan fingerprint density at radius 2 is 2.00 bits per heavy atom. The maximum Gasteiger partial charge on any atom is 0.119 e. The van der Waals surface area contributed by atoms with Gasteiger partial charge in [-0.3, -0.25) is 11.3 Å². The van der Waals surface area contributed by atoms with Crippen LogP contribution in [-0.2, 0) is 0 Å². The number of nitrogens with one attached hydrogen (secondary N) is 1. The molecule has 2 aromatic rings. The van der Waals surface area contributed by atoms with Crippen molar-refractivity contribution < 1.29 is 4.74 Å². The molecule has 1 fully saturated rings. The van der Waals surface area contributed by atoms with E-state index in [9.17, 15) is 0 Å². The molecule has 0 bridgehead atoms. The largest absolute Gasteiger partial charge is 0.494 e. The van der Waals surface area contributed by atoms with Crippen molar-refractivity contribution in [3.8, 4) is 5.75 Å². The topological polar surface area (TPSA) is 47.3 Å². The number of ether oxygens (including phenoxy) is 1. The van der Waals surface area contributed by atoms with Crippen molar-refractivity contribution in [2.45, 2.75) is 25.3 Å². The minimum absolute atomic E-state index is 0.176. The van der Waals surface area contributed by atoms with E-state index in [-0.39, 0.29) is 6.04 Å². The second-order valence-corrected chi connectivity index (χ2v) is 5.57. The van der Waals surface area contributed by atoms with E-state index in [1.165, 1.54) is 17.5 Å². The van der Waals surface area contributed by atoms with Crippen LogP contribution in [0.3, 0.4) is 0 Å². The van der Waals surface area contributed by atoms with Crippen LogP contribution in [-0.4, -0.2) is 6.61 Å². The first-order chi connectivity index (χ1) is 10.3. The van der Waals surface area contributed by atoms with Crippen molar-refractivity contribution in [1.29, 1.82) is 0 Å². The Hall–Kier alpha value is -1.84. The molecule has 0 spiro atoms. The average Bonchev–Trinajstić information content (AvgIpc) is 3.30. The summed E-state index contributed by atoms with van der Waals surface area (Å²) in [5, 5.41) is 0. The lowest BCUT2D eigenvalue weighted by Crippen LogP contribution is -2.29. The lowest BCUT2D eigenvalue weighted by molar-refractivity contribution is 0.339. The fourth-order valence-electron chi connectivity index (χ4n) is 3.10. The first-order valence-corrected chi connectivity index (χ1v) is 7.57. The highest BCUT2D eigenvalue weighted by atomic mass is 16.5. The van der Waals surface area contributed by atoms with Crippen LogP contribution >= 0.6 is 0 Å². The van der Waals surface area contributed by atoms with Crippen LogP contribution in [0, 0.1) is 5.92 Å². The highest BCUT2D eigenvalue weighted by Gasteiger charge is 2.44. The summed E-state index contributed by atoms with van der Waals surface area (Å²) in [5.41, 5.74) is 5.60. The van der Waals surface area contributed by atoms with E-state index in [1.54, 1.807) is 0 Å². The van der Waals surface area contributed by atoms with Gasteiger partial charge in [-0.05, 0) is 48.4 Å². The van der Waals surface area contributed by atoms with Crippen LogP contribution in [0.25, 0.3) is 0 Å². The number of hydrogen-bond donors (Lipinski definition) is 2. The van der Waals surface area contributed by atoms with Gasteiger partial charge in [0.15, 0.2) is 0 Å². The summed E-state index contributed by atoms with van der Waals surface area (Å²) < 4.78 is 5.58. The zero-order chi connectivity index (χ0) is 14.7. The van der Waals surface area contributed by atoms with Crippen molar-refractivity contribution in [1.82, 2.24) is 5.43 Å². The molecule has 1 aliphatic carbocycles. The Bertz CT molecular complexity index is 585. The third-order valence-corrected chi connectivity index (χ3v) is 4.20. The molecule has 3 rings (SSSR count). The summed E-state index contributed by atoms with van der Waals surface area (Å²) in [6.45, 7) is 2.68. The number of rotatable bonds is 6. The van der Waals surface area contributed by atoms with Crippen LogP contribution in [0.5, 0.6) is 5.75 Å². The second-order valence-electron chi connectivity index (χ2n) is 5.57. The van der Waals surface area contributed by atoms with E-state index >= 15 is 0 Å². The fraction of sp³-hybridized carbons (Fsp3) is 0.333. The monoisotopic (exact) mass is 282 g/mol. The SMILES string of the molecule is CCOc1cccc(C(NN)C2CC2c2ccccc2)c1. The Morgan fingerprint density at radius 3 is 2.71 bits per heavy atom. The van der Waals surface area contributed by atoms with Gasteiger partial charge in [-0.15, -0.1) is 0 Å². The Balaban J connectivity index is 1.76. The lowest BCUT2D eigenvalue weighted by Gasteiger charge is -2.17. The quantitative estimate of drug-likeness (QED) is 0.630. The van der Waals surface area contributed by atoms with E-state index in [1.807, 2.05) is 19.1 Å². The van der Waals surface area contributed by atoms with Crippen molar-refractivity contribution >= 4 is 0 Å². The minimum atomic E-state index is 0.176. The van der Waals surface area contributed by atoms with Crippen LogP contribution in [0.15, 0.2) is 54.6 Å². The summed E-state index contributed by atoms with van der Waals surface area (Å²) in [6.07, 6.45) is 1.18. The second kappa shape index (κ2) is 6.29. The Labute approximate surface area is 126 Å². The van der Waals surface area contributed by atoms with Gasteiger partial charge < -0.3 is 4.74 Å². The third-order valence-electron chi connectivity index (χ3n) is 4.20. The number of benzene rings is 2. The Morgan fingerprint density at radius 1 is 1.19 bits per heavy atom. The van der Waals surface area contributed by atoms with Crippen molar-refractivity contribution in [3.05, 3.63) is 65.7 Å². The molecule has 0 heterocycles. The molecule has 0 amide bonds. The van der Waals surface area contributed by atoms with Crippen LogP contribution in [0.4, 0.5) is 0 Å². The summed E-state index contributed by atoms with van der Waals surface area (Å²) in [4.78, 5) is 0. The van der Waals surface area contributed by atoms with E-state index in [4.69, 9.17) is 10.6 Å². The fourth-order valence-corrected chi connectivity index (χ4v) is 3.10. The molecule has 0 aromatic heterocycles. The number of hydrazine groups is 1. The van der Waals surface area contributed by atoms with E-state index < -0.39 is 0 Å². The first-order valence-electron chi connectivity index (χ1n) is 7.57. The summed E-state index contributed by atoms with van der Waals surface area (Å²) in [6, 6.07) is 19.1. The predicted molar refractivity (Wildman–Crippen MR) is 85.0 cm³/mol. The lowest BCUT2D eigenvalue weighted by atomic mass is 9.99. The molecule has 1 saturated carbocycles. The highest BCUT2D eigenvalue weighted by Crippen LogP contribution is 2.53. The van der Waals surface area contributed by atoms with Gasteiger partial charge in [-0.2, -0.15) is 0 Å². The molecule has 1 aliphatic rings. The number of hydrogen-bond acceptors (Lipinski definition) is 3. The molecule has 3 unspecified atom stereocenters. The maximum atomic E-state index is 5.82. The van der Waals surface area contributed by atoms with Crippen LogP contribution in [0.2, 0.25) is 0 Å². The van der Waals surface area contributed by atoms with E-state index in [2.05, 4.69) is 47.9 Å². The van der Waals surface area contributed by atoms with Crippen molar-refractivity contribution in [2.75, 3.05) is 6.61 Å². The third kappa shape index (κ3) is 3.09. The van der Waals surface area contributed by atoms with Crippen molar-refractivity contribution in [3.63, 3.8) is 0 Å². The predicted octanol–water partition coefficient (Wildman–Crippen LogP) is 3.39. The van der Waals surface area contributed by atoms with Gasteiger partial charge in [0.1, 0.15) is 5.75 Å². The molecule has 2 aromatic carbocycles. The van der Waals surface area contributed by atoms with Gasteiger partial charge in [0.25, 0.3) is 0 Å². The van der Waals surface area contributed by atoms with Gasteiger partial charge >= 0.3 is 0 Å². The standard InChI is InChI=1S/C18H22N2O/c1-2-21-15-10-6-9-14(11-15)18(20-19)17-12-16(17)13-7-4-3-5-8-13/h3-11,16-18,20H,2,12,19H2,1H3. The van der Waals surface area contributed by atoms with E-state index in [0.717, 1.165) is 5.75 Å². The first kappa shape index (κ1) is 14.1. The zero-order valence-corrected chi connectivity index (χ0v) is 12.3. The highest BCUT2D eigenvalue weighted by molar-refractivity contribution is 5.34. The molecule has 110 valence electrons. The molecule has 3 nitrogen and oxygen atoms in total. The van der Waals surface area contributed by atoms with Gasteiger partial charge in [-0.1, -0.05) is 42.5 Å². The Kier molecular flexibility index (Phi) is 4.23. The number of nitrogens with two attached hydrogens (primary N) is 1. The summed E-state index contributed by atoms with van der Waals surface area (Å²) in [7, 11) is 0. The van der Waals surface area contributed by atoms with Gasteiger partial charge in [0.05, 0.1) is 6.61 Å². The van der Waals surface area contributed by atoms with Gasteiger partial charge in [0.2, 0.25) is 0 Å². The van der Waals surface area contributed by atoms with Crippen LogP contribution in [0.1, 0.15) is 36.4 Å². The maximum absolute atomic E-state index is 5.82. The molecular formula is C18H22N2O. The average molecular weight is 282 g/mol. The smallest absolute Gasteiger partial charge is 0.119 e. The molecule has 21 heavy (non-hydrogen) atoms. The van der Waals surface area contributed by atoms with Gasteiger partial charge in [0, 0.05) is 6.04 Å². The molecule has 3 N–H and O–H groups in total. The van der Waals surface area contributed by atoms with Crippen molar-refractivity contribution in [2.24, 2.45) is 11.8 Å². The minimum Gasteiger partial charge on any atom is -0.494 e.